The maximum Gasteiger partial charge on any atom is 0.224 e. The van der Waals surface area contributed by atoms with Crippen LogP contribution in [0.4, 0.5) is 0 Å². The molecule has 0 bridgehead atoms. The number of carbonyl (C=O) groups excluding carboxylic acids is 1. The van der Waals surface area contributed by atoms with Crippen LogP contribution in [0.3, 0.4) is 0 Å². The number of benzene rings is 1. The fourth-order valence-corrected chi connectivity index (χ4v) is 2.18. The number of carbonyl (C=O) groups is 1. The van der Waals surface area contributed by atoms with Crippen molar-refractivity contribution in [1.29, 1.82) is 0 Å². The number of nitrogens with two attached hydrogens (primary N) is 1. The van der Waals surface area contributed by atoms with Gasteiger partial charge >= 0.3 is 0 Å². The minimum Gasteiger partial charge on any atom is -0.487 e. The fourth-order valence-electron chi connectivity index (χ4n) is 2.18. The van der Waals surface area contributed by atoms with Crippen molar-refractivity contribution in [3.63, 3.8) is 0 Å². The van der Waals surface area contributed by atoms with Crippen molar-refractivity contribution in [1.82, 2.24) is 10.3 Å². The van der Waals surface area contributed by atoms with Crippen LogP contribution in [0.2, 0.25) is 0 Å². The average Bonchev–Trinajstić information content (AvgIpc) is 2.60. The Morgan fingerprint density at radius 3 is 2.50 bits per heavy atom. The molecule has 0 spiro atoms. The molecule has 3 atom stereocenters. The van der Waals surface area contributed by atoms with Gasteiger partial charge < -0.3 is 15.8 Å². The summed E-state index contributed by atoms with van der Waals surface area (Å²) in [7, 11) is 0. The van der Waals surface area contributed by atoms with Gasteiger partial charge in [0.2, 0.25) is 5.91 Å². The number of amides is 1. The predicted molar refractivity (Wildman–Crippen MR) is 109 cm³/mol. The van der Waals surface area contributed by atoms with Crippen LogP contribution < -0.4 is 15.8 Å². The zero-order valence-electron chi connectivity index (χ0n) is 15.2. The number of aromatic nitrogens is 1. The van der Waals surface area contributed by atoms with Gasteiger partial charge in [0.15, 0.2) is 0 Å². The van der Waals surface area contributed by atoms with Crippen LogP contribution in [-0.2, 0) is 11.4 Å². The van der Waals surface area contributed by atoms with Crippen molar-refractivity contribution in [3.8, 4) is 5.75 Å². The Balaban J connectivity index is 0.00000312. The number of ether oxygens (including phenoxy) is 1. The second-order valence-electron chi connectivity index (χ2n) is 6.06. The number of nitrogens with zero attached hydrogens (tertiary/aromatic N) is 1. The summed E-state index contributed by atoms with van der Waals surface area (Å²) >= 11 is 0. The molecule has 1 heterocycles. The molecule has 3 N–H and O–H groups in total. The lowest BCUT2D eigenvalue weighted by atomic mass is 10.0. The smallest absolute Gasteiger partial charge is 0.224 e. The van der Waals surface area contributed by atoms with Crippen molar-refractivity contribution >= 4 is 30.7 Å². The van der Waals surface area contributed by atoms with E-state index in [1.54, 1.807) is 6.20 Å². The largest absolute Gasteiger partial charge is 0.487 e. The second-order valence-corrected chi connectivity index (χ2v) is 6.06. The Hall–Kier alpha value is -1.82. The van der Waals surface area contributed by atoms with E-state index in [9.17, 15) is 4.79 Å². The summed E-state index contributed by atoms with van der Waals surface area (Å²) in [5, 5.41) is 2.99. The van der Waals surface area contributed by atoms with E-state index in [2.05, 4.69) is 10.3 Å². The van der Waals surface area contributed by atoms with E-state index in [0.717, 1.165) is 17.0 Å². The van der Waals surface area contributed by atoms with Crippen molar-refractivity contribution < 1.29 is 9.53 Å². The first kappa shape index (κ1) is 24.2. The van der Waals surface area contributed by atoms with Crippen LogP contribution in [-0.4, -0.2) is 16.9 Å². The fraction of sp³-hybridized carbons (Fsp3) is 0.368. The predicted octanol–water partition coefficient (Wildman–Crippen LogP) is 3.66. The number of hydrogen-bond donors (Lipinski definition) is 2. The van der Waals surface area contributed by atoms with Crippen molar-refractivity contribution in [2.24, 2.45) is 11.7 Å². The van der Waals surface area contributed by atoms with Crippen LogP contribution in [0.25, 0.3) is 0 Å². The lowest BCUT2D eigenvalue weighted by molar-refractivity contribution is -0.125. The highest BCUT2D eigenvalue weighted by molar-refractivity contribution is 5.85. The molecule has 1 amide bonds. The topological polar surface area (TPSA) is 77.2 Å². The Bertz CT molecular complexity index is 669. The van der Waals surface area contributed by atoms with Crippen LogP contribution >= 0.6 is 24.8 Å². The SMILES string of the molecule is CC(NC(=O)C(C)C(C)N)c1cccc(OCc2ccccn2)c1.Cl.Cl. The molecule has 0 fully saturated rings. The minimum absolute atomic E-state index is 0. The molecule has 0 aliphatic rings. The summed E-state index contributed by atoms with van der Waals surface area (Å²) in [6.07, 6.45) is 1.74. The molecule has 5 nitrogen and oxygen atoms in total. The van der Waals surface area contributed by atoms with Gasteiger partial charge in [-0.05, 0) is 43.7 Å². The molecular formula is C19H27Cl2N3O2. The first-order valence-electron chi connectivity index (χ1n) is 8.16. The van der Waals surface area contributed by atoms with Crippen molar-refractivity contribution in [3.05, 3.63) is 59.9 Å². The molecule has 1 aromatic carbocycles. The number of rotatable bonds is 7. The van der Waals surface area contributed by atoms with E-state index in [1.807, 2.05) is 63.2 Å². The summed E-state index contributed by atoms with van der Waals surface area (Å²) in [4.78, 5) is 16.4. The minimum atomic E-state index is -0.226. The van der Waals surface area contributed by atoms with Crippen LogP contribution in [0.1, 0.15) is 38.1 Å². The Kier molecular flexibility index (Phi) is 10.9. The molecule has 0 aliphatic carbocycles. The normalized spacial score (nSPS) is 13.4. The van der Waals surface area contributed by atoms with Gasteiger partial charge in [0.1, 0.15) is 12.4 Å². The summed E-state index contributed by atoms with van der Waals surface area (Å²) in [5.74, 6) is 0.479. The van der Waals surface area contributed by atoms with Crippen molar-refractivity contribution in [2.75, 3.05) is 0 Å². The summed E-state index contributed by atoms with van der Waals surface area (Å²) in [6, 6.07) is 13.1. The van der Waals surface area contributed by atoms with Gasteiger partial charge in [-0.15, -0.1) is 24.8 Å². The molecule has 1 aromatic heterocycles. The molecule has 144 valence electrons. The van der Waals surface area contributed by atoms with Gasteiger partial charge in [-0.3, -0.25) is 9.78 Å². The van der Waals surface area contributed by atoms with Crippen LogP contribution in [0, 0.1) is 5.92 Å². The molecule has 2 aromatic rings. The Labute approximate surface area is 167 Å². The zero-order valence-corrected chi connectivity index (χ0v) is 16.8. The highest BCUT2D eigenvalue weighted by Gasteiger charge is 2.19. The number of hydrogen-bond acceptors (Lipinski definition) is 4. The first-order valence-corrected chi connectivity index (χ1v) is 8.16. The van der Waals surface area contributed by atoms with Crippen LogP contribution in [0.5, 0.6) is 5.75 Å². The lowest BCUT2D eigenvalue weighted by Crippen LogP contribution is -2.39. The van der Waals surface area contributed by atoms with E-state index in [1.165, 1.54) is 0 Å². The number of halogens is 2. The van der Waals surface area contributed by atoms with Gasteiger partial charge in [-0.25, -0.2) is 0 Å². The molecular weight excluding hydrogens is 373 g/mol. The average molecular weight is 400 g/mol. The van der Waals surface area contributed by atoms with E-state index in [4.69, 9.17) is 10.5 Å². The monoisotopic (exact) mass is 399 g/mol. The maximum atomic E-state index is 12.1. The van der Waals surface area contributed by atoms with Crippen LogP contribution in [0.15, 0.2) is 48.7 Å². The molecule has 0 saturated heterocycles. The van der Waals surface area contributed by atoms with E-state index >= 15 is 0 Å². The number of nitrogens with one attached hydrogen (secondary N) is 1. The molecule has 2 rings (SSSR count). The highest BCUT2D eigenvalue weighted by atomic mass is 35.5. The van der Waals surface area contributed by atoms with E-state index in [0.29, 0.717) is 6.61 Å². The Morgan fingerprint density at radius 2 is 1.88 bits per heavy atom. The highest BCUT2D eigenvalue weighted by Crippen LogP contribution is 2.20. The zero-order chi connectivity index (χ0) is 17.5. The van der Waals surface area contributed by atoms with Gasteiger partial charge in [0, 0.05) is 18.2 Å². The van der Waals surface area contributed by atoms with Gasteiger partial charge in [0.25, 0.3) is 0 Å². The van der Waals surface area contributed by atoms with Gasteiger partial charge in [-0.2, -0.15) is 0 Å². The third-order valence-electron chi connectivity index (χ3n) is 4.03. The third kappa shape index (κ3) is 7.20. The van der Waals surface area contributed by atoms with Crippen molar-refractivity contribution in [2.45, 2.75) is 39.5 Å². The Morgan fingerprint density at radius 1 is 1.15 bits per heavy atom. The molecule has 0 radical (unpaired) electrons. The number of pyridine rings is 1. The summed E-state index contributed by atoms with van der Waals surface area (Å²) in [5.41, 5.74) is 7.64. The summed E-state index contributed by atoms with van der Waals surface area (Å²) < 4.78 is 5.78. The second kappa shape index (κ2) is 11.7. The standard InChI is InChI=1S/C19H25N3O2.2ClH/c1-13(14(2)20)19(23)22-15(3)16-7-6-9-18(11-16)24-12-17-8-4-5-10-21-17;;/h4-11,13-15H,12,20H2,1-3H3,(H,22,23);2*1H. The van der Waals surface area contributed by atoms with E-state index < -0.39 is 0 Å². The molecule has 26 heavy (non-hydrogen) atoms. The molecule has 0 aliphatic heterocycles. The molecule has 7 heteroatoms. The van der Waals surface area contributed by atoms with Gasteiger partial charge in [0.05, 0.1) is 11.7 Å². The first-order chi connectivity index (χ1) is 11.5. The molecule has 3 unspecified atom stereocenters. The van der Waals surface area contributed by atoms with Gasteiger partial charge in [-0.1, -0.05) is 25.1 Å². The van der Waals surface area contributed by atoms with E-state index in [-0.39, 0.29) is 48.7 Å². The third-order valence-corrected chi connectivity index (χ3v) is 4.03. The molecule has 0 saturated carbocycles. The quantitative estimate of drug-likeness (QED) is 0.744. The lowest BCUT2D eigenvalue weighted by Gasteiger charge is -2.20. The maximum absolute atomic E-state index is 12.1. The summed E-state index contributed by atoms with van der Waals surface area (Å²) in [6.45, 7) is 6.02.